The van der Waals surface area contributed by atoms with E-state index < -0.39 is 10.0 Å². The monoisotopic (exact) mass is 561 g/mol. The first-order valence-corrected chi connectivity index (χ1v) is 14.8. The highest BCUT2D eigenvalue weighted by atomic mass is 32.2. The molecule has 5 aromatic rings. The summed E-state index contributed by atoms with van der Waals surface area (Å²) in [5.41, 5.74) is 2.46. The van der Waals surface area contributed by atoms with Gasteiger partial charge in [0.15, 0.2) is 22.2 Å². The number of nitrogens with one attached hydrogen (secondary N) is 1. The molecule has 200 valence electrons. The number of hydrogen-bond acceptors (Lipinski definition) is 7. The van der Waals surface area contributed by atoms with Gasteiger partial charge in [-0.25, -0.2) is 13.4 Å². The van der Waals surface area contributed by atoms with Gasteiger partial charge in [0, 0.05) is 29.4 Å². The lowest BCUT2D eigenvalue weighted by atomic mass is 10.2. The third kappa shape index (κ3) is 5.73. The van der Waals surface area contributed by atoms with E-state index in [2.05, 4.69) is 10.3 Å². The van der Waals surface area contributed by atoms with Gasteiger partial charge < -0.3 is 9.15 Å². The standard InChI is InChI=1S/C29H27N3O5S2/c1-3-32(18-20-9-6-5-7-10-20)39(34,35)23-15-13-21(14-16-23)28(33)31-29-30-24(19-38-29)26-17-22-11-8-12-25(36-4-2)27(22)37-26/h5-17,19H,3-4,18H2,1-2H3,(H,30,31,33). The molecule has 0 aliphatic heterocycles. The smallest absolute Gasteiger partial charge is 0.257 e. The Hall–Kier alpha value is -3.99. The molecule has 0 bridgehead atoms. The van der Waals surface area contributed by atoms with Crippen LogP contribution in [-0.4, -0.2) is 36.8 Å². The van der Waals surface area contributed by atoms with Crippen molar-refractivity contribution >= 4 is 43.4 Å². The van der Waals surface area contributed by atoms with Crippen molar-refractivity contribution in [1.82, 2.24) is 9.29 Å². The minimum Gasteiger partial charge on any atom is -0.490 e. The van der Waals surface area contributed by atoms with E-state index in [9.17, 15) is 13.2 Å². The summed E-state index contributed by atoms with van der Waals surface area (Å²) in [7, 11) is -3.72. The number of amides is 1. The number of nitrogens with zero attached hydrogens (tertiary/aromatic N) is 2. The van der Waals surface area contributed by atoms with Crippen LogP contribution in [0.15, 0.2) is 93.6 Å². The lowest BCUT2D eigenvalue weighted by molar-refractivity contribution is 0.102. The number of hydrogen-bond donors (Lipinski definition) is 1. The fourth-order valence-corrected chi connectivity index (χ4v) is 6.26. The van der Waals surface area contributed by atoms with Gasteiger partial charge in [0.25, 0.3) is 5.91 Å². The van der Waals surface area contributed by atoms with Crippen molar-refractivity contribution in [3.8, 4) is 17.2 Å². The van der Waals surface area contributed by atoms with Crippen LogP contribution < -0.4 is 10.1 Å². The van der Waals surface area contributed by atoms with Gasteiger partial charge >= 0.3 is 0 Å². The number of carbonyl (C=O) groups excluding carboxylic acids is 1. The van der Waals surface area contributed by atoms with Crippen molar-refractivity contribution in [2.75, 3.05) is 18.5 Å². The van der Waals surface area contributed by atoms with E-state index in [4.69, 9.17) is 9.15 Å². The number of anilines is 1. The zero-order valence-corrected chi connectivity index (χ0v) is 23.1. The highest BCUT2D eigenvalue weighted by Gasteiger charge is 2.24. The van der Waals surface area contributed by atoms with Crippen molar-refractivity contribution in [3.63, 3.8) is 0 Å². The zero-order valence-electron chi connectivity index (χ0n) is 21.5. The fourth-order valence-electron chi connectivity index (χ4n) is 4.13. The summed E-state index contributed by atoms with van der Waals surface area (Å²) >= 11 is 1.27. The molecule has 5 rings (SSSR count). The Morgan fingerprint density at radius 2 is 1.79 bits per heavy atom. The van der Waals surface area contributed by atoms with E-state index >= 15 is 0 Å². The lowest BCUT2D eigenvalue weighted by Crippen LogP contribution is -2.30. The van der Waals surface area contributed by atoms with Crippen LogP contribution >= 0.6 is 11.3 Å². The van der Waals surface area contributed by atoms with E-state index in [1.807, 2.05) is 61.5 Å². The summed E-state index contributed by atoms with van der Waals surface area (Å²) in [6, 6.07) is 22.9. The van der Waals surface area contributed by atoms with Crippen LogP contribution in [0.3, 0.4) is 0 Å². The van der Waals surface area contributed by atoms with Crippen LogP contribution in [0.5, 0.6) is 5.75 Å². The molecule has 0 aliphatic carbocycles. The van der Waals surface area contributed by atoms with Gasteiger partial charge in [0.2, 0.25) is 10.0 Å². The molecule has 0 unspecified atom stereocenters. The van der Waals surface area contributed by atoms with Crippen molar-refractivity contribution < 1.29 is 22.4 Å². The van der Waals surface area contributed by atoms with Crippen molar-refractivity contribution in [2.24, 2.45) is 0 Å². The van der Waals surface area contributed by atoms with Crippen molar-refractivity contribution in [1.29, 1.82) is 0 Å². The topological polar surface area (TPSA) is 102 Å². The maximum atomic E-state index is 13.2. The normalized spacial score (nSPS) is 11.7. The molecule has 1 amide bonds. The number of carbonyl (C=O) groups is 1. The Labute approximate surface area is 230 Å². The molecule has 3 aromatic carbocycles. The summed E-state index contributed by atoms with van der Waals surface area (Å²) in [6.45, 7) is 4.83. The minimum absolute atomic E-state index is 0.129. The maximum absolute atomic E-state index is 13.2. The molecule has 1 N–H and O–H groups in total. The summed E-state index contributed by atoms with van der Waals surface area (Å²) in [5, 5.41) is 5.88. The summed E-state index contributed by atoms with van der Waals surface area (Å²) in [5.74, 6) is 0.844. The van der Waals surface area contributed by atoms with Gasteiger partial charge in [-0.15, -0.1) is 11.3 Å². The molecule has 0 radical (unpaired) electrons. The van der Waals surface area contributed by atoms with Gasteiger partial charge in [-0.3, -0.25) is 10.1 Å². The Bertz CT molecular complexity index is 1690. The predicted molar refractivity (Wildman–Crippen MR) is 153 cm³/mol. The molecule has 10 heteroatoms. The summed E-state index contributed by atoms with van der Waals surface area (Å²) < 4.78 is 39.4. The second-order valence-corrected chi connectivity index (χ2v) is 11.4. The van der Waals surface area contributed by atoms with Crippen LogP contribution in [0.4, 0.5) is 5.13 Å². The Balaban J connectivity index is 1.28. The number of fused-ring (bicyclic) bond motifs is 1. The molecule has 0 saturated heterocycles. The molecule has 0 fully saturated rings. The zero-order chi connectivity index (χ0) is 27.4. The van der Waals surface area contributed by atoms with E-state index in [1.54, 1.807) is 12.3 Å². The van der Waals surface area contributed by atoms with E-state index in [0.717, 1.165) is 10.9 Å². The molecule has 0 atom stereocenters. The number of furan rings is 1. The number of aromatic nitrogens is 1. The number of rotatable bonds is 10. The molecule has 0 spiro atoms. The van der Waals surface area contributed by atoms with Crippen molar-refractivity contribution in [3.05, 3.63) is 95.4 Å². The van der Waals surface area contributed by atoms with Crippen LogP contribution in [0.25, 0.3) is 22.4 Å². The summed E-state index contributed by atoms with van der Waals surface area (Å²) in [4.78, 5) is 17.5. The van der Waals surface area contributed by atoms with Gasteiger partial charge in [-0.1, -0.05) is 49.4 Å². The quantitative estimate of drug-likeness (QED) is 0.211. The first-order chi connectivity index (χ1) is 18.9. The second kappa shape index (κ2) is 11.4. The first-order valence-electron chi connectivity index (χ1n) is 12.5. The summed E-state index contributed by atoms with van der Waals surface area (Å²) in [6.07, 6.45) is 0. The number of ether oxygens (including phenoxy) is 1. The van der Waals surface area contributed by atoms with Gasteiger partial charge in [-0.05, 0) is 48.9 Å². The SMILES string of the molecule is CCOc1cccc2cc(-c3csc(NC(=O)c4ccc(S(=O)(=O)N(CC)Cc5ccccc5)cc4)n3)oc12. The molecule has 0 aliphatic rings. The molecular formula is C29H27N3O5S2. The lowest BCUT2D eigenvalue weighted by Gasteiger charge is -2.20. The van der Waals surface area contributed by atoms with Gasteiger partial charge in [0.05, 0.1) is 11.5 Å². The van der Waals surface area contributed by atoms with E-state index in [1.165, 1.54) is 39.9 Å². The van der Waals surface area contributed by atoms with Gasteiger partial charge in [-0.2, -0.15) is 4.31 Å². The van der Waals surface area contributed by atoms with Crippen LogP contribution in [0.2, 0.25) is 0 Å². The Kier molecular flexibility index (Phi) is 7.78. The number of para-hydroxylation sites is 1. The van der Waals surface area contributed by atoms with Crippen LogP contribution in [0, 0.1) is 0 Å². The average Bonchev–Trinajstić information content (AvgIpc) is 3.60. The number of thiazole rings is 1. The van der Waals surface area contributed by atoms with E-state index in [0.29, 0.717) is 46.6 Å². The van der Waals surface area contributed by atoms with Gasteiger partial charge in [0.1, 0.15) is 5.69 Å². The predicted octanol–water partition coefficient (Wildman–Crippen LogP) is 6.42. The number of sulfonamides is 1. The minimum atomic E-state index is -3.72. The molecule has 2 aromatic heterocycles. The van der Waals surface area contributed by atoms with Crippen LogP contribution in [-0.2, 0) is 16.6 Å². The highest BCUT2D eigenvalue weighted by Crippen LogP contribution is 2.34. The molecule has 2 heterocycles. The molecule has 8 nitrogen and oxygen atoms in total. The average molecular weight is 562 g/mol. The van der Waals surface area contributed by atoms with E-state index in [-0.39, 0.29) is 17.3 Å². The molecule has 39 heavy (non-hydrogen) atoms. The Morgan fingerprint density at radius 3 is 2.51 bits per heavy atom. The third-order valence-electron chi connectivity index (χ3n) is 6.09. The fraction of sp³-hybridized carbons (Fsp3) is 0.172. The van der Waals surface area contributed by atoms with Crippen LogP contribution in [0.1, 0.15) is 29.8 Å². The highest BCUT2D eigenvalue weighted by molar-refractivity contribution is 7.89. The second-order valence-electron chi connectivity index (χ2n) is 8.65. The van der Waals surface area contributed by atoms with Crippen molar-refractivity contribution in [2.45, 2.75) is 25.3 Å². The Morgan fingerprint density at radius 1 is 1.03 bits per heavy atom. The third-order valence-corrected chi connectivity index (χ3v) is 8.79. The molecular weight excluding hydrogens is 534 g/mol. The largest absolute Gasteiger partial charge is 0.490 e. The molecule has 0 saturated carbocycles. The first kappa shape index (κ1) is 26.6. The number of benzene rings is 3. The maximum Gasteiger partial charge on any atom is 0.257 e.